The van der Waals surface area contributed by atoms with Gasteiger partial charge in [0.2, 0.25) is 0 Å². The topological polar surface area (TPSA) is 55.4 Å². The standard InChI is InChI=1S/C16H17N5O/c1-12-2-3-14-18-13(8-16(22)21(14)9-12)10-19-6-7-20-5-4-17-15(20)11-19/h2-5,8-9H,6-7,10-11H2,1H3. The molecule has 0 amide bonds. The van der Waals surface area contributed by atoms with Crippen LogP contribution in [0.15, 0.2) is 41.6 Å². The maximum Gasteiger partial charge on any atom is 0.258 e. The summed E-state index contributed by atoms with van der Waals surface area (Å²) in [5.74, 6) is 1.07. The van der Waals surface area contributed by atoms with Gasteiger partial charge in [-0.15, -0.1) is 0 Å². The zero-order valence-electron chi connectivity index (χ0n) is 12.4. The van der Waals surface area contributed by atoms with E-state index in [0.29, 0.717) is 12.2 Å². The van der Waals surface area contributed by atoms with Crippen molar-refractivity contribution >= 4 is 5.65 Å². The van der Waals surface area contributed by atoms with Crippen LogP contribution in [0.3, 0.4) is 0 Å². The maximum atomic E-state index is 12.2. The molecule has 0 unspecified atom stereocenters. The van der Waals surface area contributed by atoms with Crippen molar-refractivity contribution in [2.75, 3.05) is 6.54 Å². The fraction of sp³-hybridized carbons (Fsp3) is 0.312. The van der Waals surface area contributed by atoms with Crippen molar-refractivity contribution in [3.05, 3.63) is 64.2 Å². The van der Waals surface area contributed by atoms with Crippen molar-refractivity contribution in [3.63, 3.8) is 0 Å². The van der Waals surface area contributed by atoms with Crippen LogP contribution in [-0.4, -0.2) is 30.4 Å². The van der Waals surface area contributed by atoms with E-state index in [1.807, 2.05) is 37.6 Å². The monoisotopic (exact) mass is 295 g/mol. The molecular weight excluding hydrogens is 278 g/mol. The number of hydrogen-bond donors (Lipinski definition) is 0. The highest BCUT2D eigenvalue weighted by Crippen LogP contribution is 2.13. The second-order valence-electron chi connectivity index (χ2n) is 5.77. The Bertz CT molecular complexity index is 895. The van der Waals surface area contributed by atoms with Crippen molar-refractivity contribution in [1.29, 1.82) is 0 Å². The van der Waals surface area contributed by atoms with Gasteiger partial charge in [0, 0.05) is 44.3 Å². The lowest BCUT2D eigenvalue weighted by atomic mass is 10.3. The summed E-state index contributed by atoms with van der Waals surface area (Å²) in [7, 11) is 0. The number of aryl methyl sites for hydroxylation is 1. The van der Waals surface area contributed by atoms with Gasteiger partial charge >= 0.3 is 0 Å². The van der Waals surface area contributed by atoms with E-state index in [4.69, 9.17) is 0 Å². The van der Waals surface area contributed by atoms with Gasteiger partial charge in [-0.1, -0.05) is 6.07 Å². The fourth-order valence-electron chi connectivity index (χ4n) is 2.93. The molecule has 22 heavy (non-hydrogen) atoms. The van der Waals surface area contributed by atoms with Gasteiger partial charge in [-0.25, -0.2) is 9.97 Å². The molecule has 3 aromatic heterocycles. The first kappa shape index (κ1) is 13.2. The van der Waals surface area contributed by atoms with Gasteiger partial charge in [-0.3, -0.25) is 14.1 Å². The van der Waals surface area contributed by atoms with Gasteiger partial charge in [0.05, 0.1) is 12.2 Å². The van der Waals surface area contributed by atoms with Gasteiger partial charge < -0.3 is 4.57 Å². The van der Waals surface area contributed by atoms with Crippen LogP contribution in [0.2, 0.25) is 0 Å². The van der Waals surface area contributed by atoms with E-state index < -0.39 is 0 Å². The molecule has 3 aromatic rings. The second-order valence-corrected chi connectivity index (χ2v) is 5.77. The number of fused-ring (bicyclic) bond motifs is 2. The first-order valence-corrected chi connectivity index (χ1v) is 7.40. The van der Waals surface area contributed by atoms with E-state index in [1.165, 1.54) is 0 Å². The van der Waals surface area contributed by atoms with Crippen molar-refractivity contribution in [2.45, 2.75) is 26.6 Å². The number of aromatic nitrogens is 4. The molecule has 0 aromatic carbocycles. The predicted octanol–water partition coefficient (Wildman–Crippen LogP) is 1.22. The molecule has 1 aliphatic heterocycles. The molecule has 4 rings (SSSR count). The Labute approximate surface area is 127 Å². The molecule has 112 valence electrons. The largest absolute Gasteiger partial charge is 0.333 e. The van der Waals surface area contributed by atoms with Gasteiger partial charge in [0.25, 0.3) is 5.56 Å². The predicted molar refractivity (Wildman–Crippen MR) is 82.5 cm³/mol. The van der Waals surface area contributed by atoms with Crippen LogP contribution < -0.4 is 5.56 Å². The minimum absolute atomic E-state index is 0.0257. The van der Waals surface area contributed by atoms with Crippen LogP contribution in [0.1, 0.15) is 17.1 Å². The first-order chi connectivity index (χ1) is 10.7. The molecule has 0 saturated carbocycles. The number of pyridine rings is 1. The number of hydrogen-bond acceptors (Lipinski definition) is 4. The first-order valence-electron chi connectivity index (χ1n) is 7.40. The lowest BCUT2D eigenvalue weighted by Crippen LogP contribution is -2.34. The van der Waals surface area contributed by atoms with Crippen molar-refractivity contribution in [2.24, 2.45) is 0 Å². The number of imidazole rings is 1. The van der Waals surface area contributed by atoms with Gasteiger partial charge in [0.15, 0.2) is 0 Å². The molecule has 0 saturated heterocycles. The average Bonchev–Trinajstić information content (AvgIpc) is 2.96. The van der Waals surface area contributed by atoms with E-state index >= 15 is 0 Å². The Morgan fingerprint density at radius 3 is 3.09 bits per heavy atom. The van der Waals surface area contributed by atoms with Crippen LogP contribution in [0.5, 0.6) is 0 Å². The third kappa shape index (κ3) is 2.31. The molecule has 0 aliphatic carbocycles. The zero-order valence-corrected chi connectivity index (χ0v) is 12.4. The highest BCUT2D eigenvalue weighted by Gasteiger charge is 2.17. The molecule has 0 atom stereocenters. The summed E-state index contributed by atoms with van der Waals surface area (Å²) in [6, 6.07) is 5.50. The molecule has 0 radical (unpaired) electrons. The van der Waals surface area contributed by atoms with E-state index in [-0.39, 0.29) is 5.56 Å². The SMILES string of the molecule is Cc1ccc2nc(CN3CCn4ccnc4C3)cc(=O)n2c1. The number of nitrogens with zero attached hydrogens (tertiary/aromatic N) is 5. The van der Waals surface area contributed by atoms with Crippen LogP contribution >= 0.6 is 0 Å². The van der Waals surface area contributed by atoms with Crippen LogP contribution in [-0.2, 0) is 19.6 Å². The lowest BCUT2D eigenvalue weighted by molar-refractivity contribution is 0.206. The molecule has 1 aliphatic rings. The Balaban J connectivity index is 1.63. The van der Waals surface area contributed by atoms with Crippen molar-refractivity contribution < 1.29 is 0 Å². The summed E-state index contributed by atoms with van der Waals surface area (Å²) in [5.41, 5.74) is 2.54. The van der Waals surface area contributed by atoms with Crippen molar-refractivity contribution in [3.8, 4) is 0 Å². The Morgan fingerprint density at radius 1 is 1.27 bits per heavy atom. The minimum atomic E-state index is -0.0257. The molecule has 0 spiro atoms. The Hall–Kier alpha value is -2.47. The molecule has 0 bridgehead atoms. The quantitative estimate of drug-likeness (QED) is 0.713. The molecule has 6 heteroatoms. The van der Waals surface area contributed by atoms with Gasteiger partial charge in [0.1, 0.15) is 11.5 Å². The number of rotatable bonds is 2. The van der Waals surface area contributed by atoms with Crippen molar-refractivity contribution in [1.82, 2.24) is 23.8 Å². The Kier molecular flexibility index (Phi) is 3.04. The molecule has 0 N–H and O–H groups in total. The summed E-state index contributed by atoms with van der Waals surface area (Å²) >= 11 is 0. The summed E-state index contributed by atoms with van der Waals surface area (Å²) < 4.78 is 3.77. The lowest BCUT2D eigenvalue weighted by Gasteiger charge is -2.27. The molecule has 0 fully saturated rings. The second kappa shape index (κ2) is 5.06. The van der Waals surface area contributed by atoms with E-state index in [9.17, 15) is 4.79 Å². The van der Waals surface area contributed by atoms with E-state index in [1.54, 1.807) is 10.5 Å². The fourth-order valence-corrected chi connectivity index (χ4v) is 2.93. The Morgan fingerprint density at radius 2 is 2.18 bits per heavy atom. The van der Waals surface area contributed by atoms with E-state index in [2.05, 4.69) is 19.4 Å². The summed E-state index contributed by atoms with van der Waals surface area (Å²) in [6.45, 7) is 5.31. The third-order valence-electron chi connectivity index (χ3n) is 4.07. The smallest absolute Gasteiger partial charge is 0.258 e. The minimum Gasteiger partial charge on any atom is -0.333 e. The zero-order chi connectivity index (χ0) is 15.1. The molecular formula is C16H17N5O. The van der Waals surface area contributed by atoms with Crippen LogP contribution in [0, 0.1) is 6.92 Å². The maximum absolute atomic E-state index is 12.2. The van der Waals surface area contributed by atoms with Gasteiger partial charge in [-0.05, 0) is 18.6 Å². The third-order valence-corrected chi connectivity index (χ3v) is 4.07. The molecule has 4 heterocycles. The normalized spacial score (nSPS) is 15.1. The summed E-state index contributed by atoms with van der Waals surface area (Å²) in [6.07, 6.45) is 5.67. The average molecular weight is 295 g/mol. The van der Waals surface area contributed by atoms with Crippen LogP contribution in [0.25, 0.3) is 5.65 Å². The summed E-state index contributed by atoms with van der Waals surface area (Å²) in [4.78, 5) is 23.5. The molecule has 6 nitrogen and oxygen atoms in total. The van der Waals surface area contributed by atoms with Crippen LogP contribution in [0.4, 0.5) is 0 Å². The summed E-state index contributed by atoms with van der Waals surface area (Å²) in [5, 5.41) is 0. The van der Waals surface area contributed by atoms with E-state index in [0.717, 1.165) is 36.7 Å². The highest BCUT2D eigenvalue weighted by molar-refractivity contribution is 5.39. The van der Waals surface area contributed by atoms with Gasteiger partial charge in [-0.2, -0.15) is 0 Å². The highest BCUT2D eigenvalue weighted by atomic mass is 16.1.